The molecule has 0 aliphatic carbocycles. The molecule has 31 heavy (non-hydrogen) atoms. The Bertz CT molecular complexity index is 1070. The molecule has 0 spiro atoms. The highest BCUT2D eigenvalue weighted by Gasteiger charge is 2.15. The molecule has 1 atom stereocenters. The number of benzene rings is 3. The van der Waals surface area contributed by atoms with Crippen LogP contribution in [-0.4, -0.2) is 30.1 Å². The fraction of sp³-hybridized carbons (Fsp3) is 0.174. The quantitative estimate of drug-likeness (QED) is 0.394. The molecule has 0 amide bonds. The van der Waals surface area contributed by atoms with Gasteiger partial charge in [-0.15, -0.1) is 0 Å². The van der Waals surface area contributed by atoms with Crippen LogP contribution < -0.4 is 5.73 Å². The van der Waals surface area contributed by atoms with Crippen molar-refractivity contribution in [1.82, 2.24) is 0 Å². The molecule has 4 N–H and O–H groups in total. The Labute approximate surface area is 181 Å². The number of rotatable bonds is 6. The van der Waals surface area contributed by atoms with Crippen LogP contribution in [0.4, 0.5) is 0 Å². The third kappa shape index (κ3) is 8.59. The van der Waals surface area contributed by atoms with Gasteiger partial charge in [0.05, 0.1) is 4.90 Å². The summed E-state index contributed by atoms with van der Waals surface area (Å²) in [6.07, 6.45) is 0.383. The molecule has 0 unspecified atom stereocenters. The van der Waals surface area contributed by atoms with E-state index >= 15 is 0 Å². The lowest BCUT2D eigenvalue weighted by Gasteiger charge is -2.11. The highest BCUT2D eigenvalue weighted by Crippen LogP contribution is 2.12. The number of carbonyl (C=O) groups excluding carboxylic acids is 1. The van der Waals surface area contributed by atoms with E-state index in [1.807, 2.05) is 37.3 Å². The van der Waals surface area contributed by atoms with E-state index in [0.29, 0.717) is 6.42 Å². The summed E-state index contributed by atoms with van der Waals surface area (Å²) in [5.74, 6) is -0.240. The Hall–Kier alpha value is -3.20. The second-order valence-corrected chi connectivity index (χ2v) is 8.28. The second-order valence-electron chi connectivity index (χ2n) is 6.86. The number of phenols is 1. The van der Waals surface area contributed by atoms with Crippen molar-refractivity contribution in [2.75, 3.05) is 0 Å². The fourth-order valence-corrected chi connectivity index (χ4v) is 3.00. The molecule has 3 aromatic rings. The van der Waals surface area contributed by atoms with Crippen LogP contribution in [-0.2, 0) is 32.7 Å². The van der Waals surface area contributed by atoms with Crippen molar-refractivity contribution in [2.24, 2.45) is 5.73 Å². The van der Waals surface area contributed by atoms with E-state index < -0.39 is 22.1 Å². The number of phenolic OH excluding ortho intramolecular Hbond substituents is 1. The second kappa shape index (κ2) is 11.3. The van der Waals surface area contributed by atoms with Crippen LogP contribution in [0.5, 0.6) is 5.75 Å². The van der Waals surface area contributed by atoms with E-state index in [0.717, 1.165) is 16.7 Å². The van der Waals surface area contributed by atoms with Gasteiger partial charge in [0, 0.05) is 0 Å². The molecule has 0 fully saturated rings. The summed E-state index contributed by atoms with van der Waals surface area (Å²) < 4.78 is 34.7. The fourth-order valence-electron chi connectivity index (χ4n) is 2.52. The molecule has 164 valence electrons. The summed E-state index contributed by atoms with van der Waals surface area (Å²) in [5.41, 5.74) is 8.58. The van der Waals surface area contributed by atoms with Crippen LogP contribution >= 0.6 is 0 Å². The molecule has 0 saturated carbocycles. The Morgan fingerprint density at radius 2 is 1.52 bits per heavy atom. The molecule has 0 aliphatic rings. The Morgan fingerprint density at radius 1 is 0.935 bits per heavy atom. The summed E-state index contributed by atoms with van der Waals surface area (Å²) in [6.45, 7) is 2.07. The number of hydrogen-bond donors (Lipinski definition) is 3. The van der Waals surface area contributed by atoms with Gasteiger partial charge in [-0.1, -0.05) is 60.2 Å². The first kappa shape index (κ1) is 24.1. The zero-order chi connectivity index (χ0) is 22.9. The third-order valence-electron chi connectivity index (χ3n) is 4.24. The number of aryl methyl sites for hydroxylation is 1. The lowest BCUT2D eigenvalue weighted by Crippen LogP contribution is -2.34. The maximum atomic E-state index is 11.8. The van der Waals surface area contributed by atoms with Crippen LogP contribution in [0.25, 0.3) is 0 Å². The van der Waals surface area contributed by atoms with Gasteiger partial charge < -0.3 is 15.6 Å². The Morgan fingerprint density at radius 3 is 2.06 bits per heavy atom. The van der Waals surface area contributed by atoms with Gasteiger partial charge in [-0.05, 0) is 48.7 Å². The first-order valence-electron chi connectivity index (χ1n) is 9.43. The molecule has 0 heterocycles. The summed E-state index contributed by atoms with van der Waals surface area (Å²) in [6, 6.07) is 21.3. The smallest absolute Gasteiger partial charge is 0.323 e. The van der Waals surface area contributed by atoms with Crippen molar-refractivity contribution in [1.29, 1.82) is 0 Å². The minimum absolute atomic E-state index is 0.0666. The molecular weight excluding hydrogens is 418 g/mol. The highest BCUT2D eigenvalue weighted by atomic mass is 32.2. The maximum absolute atomic E-state index is 11.8. The maximum Gasteiger partial charge on any atom is 0.323 e. The van der Waals surface area contributed by atoms with Crippen molar-refractivity contribution in [2.45, 2.75) is 30.9 Å². The molecule has 8 heteroatoms. The van der Waals surface area contributed by atoms with Gasteiger partial charge in [0.2, 0.25) is 0 Å². The third-order valence-corrected chi connectivity index (χ3v) is 5.11. The van der Waals surface area contributed by atoms with Crippen molar-refractivity contribution in [3.8, 4) is 5.75 Å². The summed E-state index contributed by atoms with van der Waals surface area (Å²) in [4.78, 5) is 11.7. The lowest BCUT2D eigenvalue weighted by atomic mass is 10.1. The summed E-state index contributed by atoms with van der Waals surface area (Å²) in [7, 11) is -4.02. The molecule has 3 aromatic carbocycles. The van der Waals surface area contributed by atoms with E-state index in [1.165, 1.54) is 12.1 Å². The average molecular weight is 444 g/mol. The van der Waals surface area contributed by atoms with Crippen molar-refractivity contribution in [3.05, 3.63) is 95.6 Å². The summed E-state index contributed by atoms with van der Waals surface area (Å²) in [5, 5.41) is 9.19. The van der Waals surface area contributed by atoms with Crippen molar-refractivity contribution >= 4 is 16.1 Å². The number of ether oxygens (including phenoxy) is 1. The van der Waals surface area contributed by atoms with Gasteiger partial charge in [0.15, 0.2) is 0 Å². The average Bonchev–Trinajstić information content (AvgIpc) is 2.74. The Balaban J connectivity index is 0.000000262. The highest BCUT2D eigenvalue weighted by molar-refractivity contribution is 7.85. The minimum atomic E-state index is -4.02. The standard InChI is InChI=1S/C16H17NO3.C7H8O3S/c17-15(10-12-6-8-14(18)9-7-12)16(19)20-11-13-4-2-1-3-5-13;1-6-2-4-7(5-3-6)11(8,9)10/h1-9,15,18H,10-11,17H2;2-5H,1H3,(H,8,9,10)/t15-;/m1./s1. The van der Waals surface area contributed by atoms with Crippen molar-refractivity contribution < 1.29 is 27.6 Å². The number of hydrogen-bond acceptors (Lipinski definition) is 6. The number of carbonyl (C=O) groups is 1. The van der Waals surface area contributed by atoms with Gasteiger partial charge in [-0.2, -0.15) is 8.42 Å². The van der Waals surface area contributed by atoms with E-state index in [4.69, 9.17) is 15.0 Å². The van der Waals surface area contributed by atoms with Crippen LogP contribution in [0.3, 0.4) is 0 Å². The number of esters is 1. The minimum Gasteiger partial charge on any atom is -0.508 e. The van der Waals surface area contributed by atoms with Crippen LogP contribution in [0.1, 0.15) is 16.7 Å². The topological polar surface area (TPSA) is 127 Å². The van der Waals surface area contributed by atoms with E-state index in [1.54, 1.807) is 36.4 Å². The zero-order valence-electron chi connectivity index (χ0n) is 17.0. The van der Waals surface area contributed by atoms with E-state index in [9.17, 15) is 18.3 Å². The van der Waals surface area contributed by atoms with Gasteiger partial charge in [-0.3, -0.25) is 9.35 Å². The molecule has 0 aliphatic heterocycles. The predicted octanol–water partition coefficient (Wildman–Crippen LogP) is 3.25. The predicted molar refractivity (Wildman–Crippen MR) is 117 cm³/mol. The van der Waals surface area contributed by atoms with E-state index in [2.05, 4.69) is 0 Å². The van der Waals surface area contributed by atoms with Gasteiger partial charge in [0.1, 0.15) is 18.4 Å². The molecule has 0 radical (unpaired) electrons. The molecule has 0 saturated heterocycles. The number of aromatic hydroxyl groups is 1. The van der Waals surface area contributed by atoms with Crippen molar-refractivity contribution in [3.63, 3.8) is 0 Å². The molecule has 7 nitrogen and oxygen atoms in total. The lowest BCUT2D eigenvalue weighted by molar-refractivity contribution is -0.146. The monoisotopic (exact) mass is 443 g/mol. The SMILES string of the molecule is Cc1ccc(S(=O)(=O)O)cc1.N[C@H](Cc1ccc(O)cc1)C(=O)OCc1ccccc1. The largest absolute Gasteiger partial charge is 0.508 e. The van der Waals surface area contributed by atoms with Crippen LogP contribution in [0.2, 0.25) is 0 Å². The van der Waals surface area contributed by atoms with Gasteiger partial charge in [0.25, 0.3) is 10.1 Å². The first-order chi connectivity index (χ1) is 14.6. The van der Waals surface area contributed by atoms with Gasteiger partial charge >= 0.3 is 5.97 Å². The number of nitrogens with two attached hydrogens (primary N) is 1. The first-order valence-corrected chi connectivity index (χ1v) is 10.9. The zero-order valence-corrected chi connectivity index (χ0v) is 17.8. The Kier molecular flexibility index (Phi) is 8.75. The van der Waals surface area contributed by atoms with Gasteiger partial charge in [-0.25, -0.2) is 0 Å². The van der Waals surface area contributed by atoms with Crippen LogP contribution in [0, 0.1) is 6.92 Å². The molecule has 0 aromatic heterocycles. The molecular formula is C23H25NO6S. The normalized spacial score (nSPS) is 11.7. The van der Waals surface area contributed by atoms with E-state index in [-0.39, 0.29) is 17.3 Å². The summed E-state index contributed by atoms with van der Waals surface area (Å²) >= 11 is 0. The molecule has 3 rings (SSSR count). The molecule has 0 bridgehead atoms. The van der Waals surface area contributed by atoms with Crippen LogP contribution in [0.15, 0.2) is 83.8 Å².